The molecule has 0 bridgehead atoms. The molecule has 3 nitrogen and oxygen atoms in total. The predicted octanol–water partition coefficient (Wildman–Crippen LogP) is -1.21. The summed E-state index contributed by atoms with van der Waals surface area (Å²) < 4.78 is 22.8. The summed E-state index contributed by atoms with van der Waals surface area (Å²) in [5.74, 6) is 0. The minimum absolute atomic E-state index is 0. The minimum Gasteiger partial charge on any atom is -1.00 e. The van der Waals surface area contributed by atoms with E-state index in [2.05, 4.69) is 19.1 Å². The second-order valence-corrected chi connectivity index (χ2v) is 2.35. The molecule has 0 unspecified atom stereocenters. The van der Waals surface area contributed by atoms with E-state index < -0.39 is 11.4 Å². The van der Waals surface area contributed by atoms with Crippen molar-refractivity contribution in [3.63, 3.8) is 0 Å². The molecule has 0 fully saturated rings. The van der Waals surface area contributed by atoms with Gasteiger partial charge in [0.2, 0.25) is 0 Å². The number of hydrogen-bond donors (Lipinski definition) is 2. The summed E-state index contributed by atoms with van der Waals surface area (Å²) >= 11 is -2.61. The molecule has 0 heterocycles. The normalized spacial score (nSPS) is 8.00. The maximum Gasteiger partial charge on any atom is 1.00 e. The molecule has 0 spiro atoms. The largest absolute Gasteiger partial charge is 1.00 e. The summed E-state index contributed by atoms with van der Waals surface area (Å²) in [4.78, 5) is 0. The van der Waals surface area contributed by atoms with Crippen molar-refractivity contribution in [3.05, 3.63) is 35.9 Å². The van der Waals surface area contributed by atoms with Gasteiger partial charge in [0.25, 0.3) is 11.4 Å². The molecule has 0 amide bonds. The average Bonchev–Trinajstić information content (AvgIpc) is 1.87. The third-order valence-electron chi connectivity index (χ3n) is 0.940. The van der Waals surface area contributed by atoms with Gasteiger partial charge >= 0.3 is 29.6 Å². The second kappa shape index (κ2) is 9.38. The van der Waals surface area contributed by atoms with Crippen LogP contribution in [0.2, 0.25) is 0 Å². The molecule has 0 atom stereocenters. The number of hydrogen-bond acceptors (Lipinski definition) is 1. The van der Waals surface area contributed by atoms with Crippen molar-refractivity contribution in [1.82, 2.24) is 0 Å². The fourth-order valence-corrected chi connectivity index (χ4v) is 0.534. The first kappa shape index (κ1) is 14.8. The molecule has 1 aromatic rings. The van der Waals surface area contributed by atoms with Crippen LogP contribution in [-0.2, 0) is 11.4 Å². The molecule has 1 rings (SSSR count). The summed E-state index contributed by atoms with van der Waals surface area (Å²) in [6.07, 6.45) is 0. The summed E-state index contributed by atoms with van der Waals surface area (Å²) in [7, 11) is 0. The van der Waals surface area contributed by atoms with Crippen LogP contribution in [0.1, 0.15) is 6.99 Å². The fourth-order valence-electron chi connectivity index (χ4n) is 0.534. The molecule has 0 aliphatic carbocycles. The Kier molecular flexibility index (Phi) is 11.6. The van der Waals surface area contributed by atoms with Gasteiger partial charge in [0, 0.05) is 0 Å². The molecule has 0 aromatic heterocycles. The standard InChI is InChI=1S/C7H8.Na.H2O3S.H/c1-7-5-3-2-4-6-7;;1-4(2)3;/h2-6H,1H3;;(H2,1,2,3);/q;+1;;-1. The van der Waals surface area contributed by atoms with E-state index in [4.69, 9.17) is 13.3 Å². The van der Waals surface area contributed by atoms with E-state index >= 15 is 0 Å². The first-order valence-corrected chi connectivity index (χ1v) is 4.01. The van der Waals surface area contributed by atoms with Crippen molar-refractivity contribution in [2.24, 2.45) is 0 Å². The first-order valence-electron chi connectivity index (χ1n) is 2.94. The smallest absolute Gasteiger partial charge is 1.00 e. The van der Waals surface area contributed by atoms with E-state index in [9.17, 15) is 0 Å². The molecule has 0 saturated heterocycles. The van der Waals surface area contributed by atoms with Gasteiger partial charge in [0.1, 0.15) is 0 Å². The van der Waals surface area contributed by atoms with Crippen LogP contribution in [0.5, 0.6) is 0 Å². The molecule has 0 radical (unpaired) electrons. The Balaban J connectivity index is -0.000000150. The Morgan fingerprint density at radius 1 is 1.25 bits per heavy atom. The molecule has 2 N–H and O–H groups in total. The van der Waals surface area contributed by atoms with Crippen molar-refractivity contribution in [2.45, 2.75) is 6.92 Å². The van der Waals surface area contributed by atoms with Gasteiger partial charge < -0.3 is 1.43 Å². The summed E-state index contributed by atoms with van der Waals surface area (Å²) in [6, 6.07) is 10.3. The summed E-state index contributed by atoms with van der Waals surface area (Å²) in [5, 5.41) is 0. The van der Waals surface area contributed by atoms with Crippen LogP contribution in [0, 0.1) is 6.92 Å². The van der Waals surface area contributed by atoms with Gasteiger partial charge in [-0.25, -0.2) is 0 Å². The molecule has 0 saturated carbocycles. The average molecular weight is 198 g/mol. The number of aryl methyl sites for hydroxylation is 1. The van der Waals surface area contributed by atoms with Crippen molar-refractivity contribution >= 4 is 11.4 Å². The molecular weight excluding hydrogens is 187 g/mol. The summed E-state index contributed by atoms with van der Waals surface area (Å²) in [5.41, 5.74) is 1.32. The van der Waals surface area contributed by atoms with Crippen LogP contribution in [-0.4, -0.2) is 13.3 Å². The zero-order valence-electron chi connectivity index (χ0n) is 8.10. The van der Waals surface area contributed by atoms with Gasteiger partial charge in [-0.3, -0.25) is 9.11 Å². The van der Waals surface area contributed by atoms with Crippen molar-refractivity contribution < 1.29 is 44.3 Å². The van der Waals surface area contributed by atoms with Gasteiger partial charge in [-0.1, -0.05) is 35.9 Å². The van der Waals surface area contributed by atoms with Gasteiger partial charge in [0.05, 0.1) is 0 Å². The van der Waals surface area contributed by atoms with Crippen LogP contribution in [0.15, 0.2) is 30.3 Å². The first-order chi connectivity index (χ1) is 5.13. The molecule has 0 aliphatic heterocycles. The van der Waals surface area contributed by atoms with E-state index in [-0.39, 0.29) is 31.0 Å². The predicted molar refractivity (Wildman–Crippen MR) is 45.7 cm³/mol. The number of benzene rings is 1. The van der Waals surface area contributed by atoms with Gasteiger partial charge in [-0.05, 0) is 6.92 Å². The monoisotopic (exact) mass is 198 g/mol. The minimum atomic E-state index is -2.61. The Morgan fingerprint density at radius 3 is 1.75 bits per heavy atom. The molecule has 12 heavy (non-hydrogen) atoms. The van der Waals surface area contributed by atoms with E-state index in [1.807, 2.05) is 18.2 Å². The molecule has 1 aromatic carbocycles. The zero-order chi connectivity index (χ0) is 8.69. The molecule has 64 valence electrons. The van der Waals surface area contributed by atoms with Crippen LogP contribution in [0.3, 0.4) is 0 Å². The van der Waals surface area contributed by atoms with Crippen molar-refractivity contribution in [1.29, 1.82) is 0 Å². The van der Waals surface area contributed by atoms with Crippen LogP contribution >= 0.6 is 0 Å². The topological polar surface area (TPSA) is 57.5 Å². The molecule has 0 aliphatic rings. The van der Waals surface area contributed by atoms with Crippen LogP contribution < -0.4 is 29.6 Å². The van der Waals surface area contributed by atoms with Crippen molar-refractivity contribution in [3.8, 4) is 0 Å². The fraction of sp³-hybridized carbons (Fsp3) is 0.143. The summed E-state index contributed by atoms with van der Waals surface area (Å²) in [6.45, 7) is 2.08. The van der Waals surface area contributed by atoms with Gasteiger partial charge in [-0.15, -0.1) is 0 Å². The Labute approximate surface area is 98.1 Å². The van der Waals surface area contributed by atoms with E-state index in [1.54, 1.807) is 0 Å². The van der Waals surface area contributed by atoms with E-state index in [0.29, 0.717) is 0 Å². The van der Waals surface area contributed by atoms with Crippen LogP contribution in [0.4, 0.5) is 0 Å². The van der Waals surface area contributed by atoms with Gasteiger partial charge in [-0.2, -0.15) is 4.21 Å². The number of rotatable bonds is 0. The SMILES string of the molecule is Cc1ccccc1.O=S(O)O.[H-].[Na+]. The third kappa shape index (κ3) is 12.9. The Hall–Kier alpha value is 0.290. The molecule has 5 heteroatoms. The van der Waals surface area contributed by atoms with E-state index in [1.165, 1.54) is 5.56 Å². The van der Waals surface area contributed by atoms with Crippen LogP contribution in [0.25, 0.3) is 0 Å². The third-order valence-corrected chi connectivity index (χ3v) is 0.940. The zero-order valence-corrected chi connectivity index (χ0v) is 9.91. The second-order valence-electron chi connectivity index (χ2n) is 1.89. The molecular formula is C7H11NaO3S. The maximum absolute atomic E-state index is 8.67. The van der Waals surface area contributed by atoms with Gasteiger partial charge in [0.15, 0.2) is 0 Å². The quantitative estimate of drug-likeness (QED) is 0.406. The Bertz CT molecular complexity index is 216. The Morgan fingerprint density at radius 2 is 1.58 bits per heavy atom. The van der Waals surface area contributed by atoms with E-state index in [0.717, 1.165) is 0 Å². The van der Waals surface area contributed by atoms with Crippen molar-refractivity contribution in [2.75, 3.05) is 0 Å². The maximum atomic E-state index is 8.67.